The number of benzene rings is 1. The molecule has 13 heteroatoms. The Morgan fingerprint density at radius 2 is 1.77 bits per heavy atom. The molecule has 0 saturated carbocycles. The number of nitrogens with one attached hydrogen (secondary N) is 1. The molecule has 4 rings (SSSR count). The second-order valence-corrected chi connectivity index (χ2v) is 22.8. The molecule has 0 spiro atoms. The van der Waals surface area contributed by atoms with Crippen LogP contribution in [0.2, 0.25) is 18.1 Å². The minimum atomic E-state index is -1.97. The van der Waals surface area contributed by atoms with Gasteiger partial charge >= 0.3 is 0 Å². The predicted octanol–water partition coefficient (Wildman–Crippen LogP) is 7.86. The second-order valence-electron chi connectivity index (χ2n) is 14.2. The molecule has 0 aliphatic heterocycles. The van der Waals surface area contributed by atoms with Gasteiger partial charge in [-0.05, 0) is 92.2 Å². The first kappa shape index (κ1) is 37.7. The number of aromatic nitrogens is 5. The van der Waals surface area contributed by atoms with Crippen LogP contribution in [-0.2, 0) is 30.7 Å². The van der Waals surface area contributed by atoms with Crippen molar-refractivity contribution in [3.8, 4) is 22.8 Å². The van der Waals surface area contributed by atoms with Crippen LogP contribution in [-0.4, -0.2) is 62.7 Å². The molecule has 0 saturated heterocycles. The highest BCUT2D eigenvalue weighted by Gasteiger charge is 2.39. The lowest BCUT2D eigenvalue weighted by molar-refractivity contribution is 0.147. The van der Waals surface area contributed by atoms with Crippen LogP contribution in [0.4, 0.5) is 0 Å². The highest BCUT2D eigenvalue weighted by molar-refractivity contribution is 14.1. The van der Waals surface area contributed by atoms with E-state index >= 15 is 0 Å². The summed E-state index contributed by atoms with van der Waals surface area (Å²) in [7, 11) is -0.322. The summed E-state index contributed by atoms with van der Waals surface area (Å²) in [6, 6.07) is 10.00. The summed E-state index contributed by atoms with van der Waals surface area (Å²) in [5.74, 6) is 1.25. The van der Waals surface area contributed by atoms with E-state index in [0.717, 1.165) is 46.4 Å². The van der Waals surface area contributed by atoms with E-state index in [1.54, 1.807) is 30.4 Å². The number of alkyl halides is 1. The van der Waals surface area contributed by atoms with Gasteiger partial charge in [0.2, 0.25) is 0 Å². The Morgan fingerprint density at radius 3 is 2.43 bits per heavy atom. The number of rotatable bonds is 14. The fourth-order valence-electron chi connectivity index (χ4n) is 4.51. The van der Waals surface area contributed by atoms with Crippen molar-refractivity contribution in [1.82, 2.24) is 29.5 Å². The summed E-state index contributed by atoms with van der Waals surface area (Å²) in [6.07, 6.45) is 6.89. The van der Waals surface area contributed by atoms with Crippen molar-refractivity contribution in [3.63, 3.8) is 0 Å². The van der Waals surface area contributed by atoms with Crippen LogP contribution in [0.5, 0.6) is 5.75 Å². The topological polar surface area (TPSA) is 119 Å². The van der Waals surface area contributed by atoms with E-state index in [9.17, 15) is 4.55 Å². The molecule has 1 unspecified atom stereocenters. The molecule has 1 aromatic carbocycles. The van der Waals surface area contributed by atoms with E-state index in [-0.39, 0.29) is 5.04 Å². The van der Waals surface area contributed by atoms with E-state index in [1.165, 1.54) is 0 Å². The fraction of sp³-hybridized carbons (Fsp3) is 0.529. The van der Waals surface area contributed by atoms with Gasteiger partial charge in [0.25, 0.3) is 0 Å². The van der Waals surface area contributed by atoms with E-state index < -0.39 is 28.0 Å². The van der Waals surface area contributed by atoms with Crippen LogP contribution in [0.1, 0.15) is 72.7 Å². The summed E-state index contributed by atoms with van der Waals surface area (Å²) < 4.78 is 35.2. The molecule has 0 aliphatic carbocycles. The van der Waals surface area contributed by atoms with Crippen LogP contribution in [0.25, 0.3) is 28.0 Å². The molecule has 47 heavy (non-hydrogen) atoms. The third-order valence-corrected chi connectivity index (χ3v) is 16.2. The van der Waals surface area contributed by atoms with Crippen LogP contribution in [0.15, 0.2) is 48.9 Å². The van der Waals surface area contributed by atoms with Gasteiger partial charge in [0.15, 0.2) is 17.7 Å². The minimum Gasteiger partial charge on any atom is -0.598 e. The summed E-state index contributed by atoms with van der Waals surface area (Å²) in [4.78, 5) is 14.5. The van der Waals surface area contributed by atoms with Crippen molar-refractivity contribution in [2.45, 2.75) is 94.3 Å². The molecule has 0 aliphatic rings. The molecule has 3 heterocycles. The average Bonchev–Trinajstić information content (AvgIpc) is 3.44. The third-order valence-electron chi connectivity index (χ3n) is 8.33. The van der Waals surface area contributed by atoms with Gasteiger partial charge in [-0.3, -0.25) is 4.98 Å². The molecule has 4 aromatic rings. The summed E-state index contributed by atoms with van der Waals surface area (Å²) in [6.45, 7) is 20.3. The van der Waals surface area contributed by atoms with Gasteiger partial charge in [-0.25, -0.2) is 14.6 Å². The number of ether oxygens (including phenoxy) is 2. The fourth-order valence-corrected chi connectivity index (χ4v) is 7.70. The van der Waals surface area contributed by atoms with Gasteiger partial charge in [0.05, 0.1) is 59.8 Å². The van der Waals surface area contributed by atoms with E-state index in [2.05, 4.69) is 73.1 Å². The van der Waals surface area contributed by atoms with Crippen molar-refractivity contribution in [2.75, 3.05) is 20.3 Å². The maximum Gasteiger partial charge on any atom is 0.192 e. The quantitative estimate of drug-likeness (QED) is 0.0340. The summed E-state index contributed by atoms with van der Waals surface area (Å²) in [5.41, 5.74) is 3.97. The number of hydrogen-bond donors (Lipinski definition) is 1. The average molecular weight is 793 g/mol. The van der Waals surface area contributed by atoms with Gasteiger partial charge in [0, 0.05) is 24.0 Å². The lowest BCUT2D eigenvalue weighted by atomic mass is 10.1. The molecule has 256 valence electrons. The van der Waals surface area contributed by atoms with E-state index in [4.69, 9.17) is 29.0 Å². The molecular weight excluding hydrogens is 743 g/mol. The minimum absolute atomic E-state index is 0.0877. The summed E-state index contributed by atoms with van der Waals surface area (Å²) >= 11 is 1.08. The Labute approximate surface area is 297 Å². The Morgan fingerprint density at radius 1 is 1.02 bits per heavy atom. The maximum atomic E-state index is 13.2. The Bertz CT molecular complexity index is 1660. The van der Waals surface area contributed by atoms with Crippen molar-refractivity contribution in [2.24, 2.45) is 0 Å². The smallest absolute Gasteiger partial charge is 0.192 e. The molecule has 3 aromatic heterocycles. The highest BCUT2D eigenvalue weighted by Crippen LogP contribution is 2.39. The number of fused-ring (bicyclic) bond motifs is 1. The first-order chi connectivity index (χ1) is 22.0. The van der Waals surface area contributed by atoms with Crippen molar-refractivity contribution >= 4 is 53.2 Å². The van der Waals surface area contributed by atoms with Crippen LogP contribution >= 0.6 is 22.6 Å². The number of pyridine rings is 1. The van der Waals surface area contributed by atoms with Gasteiger partial charge in [-0.1, -0.05) is 40.2 Å². The molecule has 0 bridgehead atoms. The Hall–Kier alpha value is -2.14. The maximum absolute atomic E-state index is 13.2. The molecule has 0 amide bonds. The number of halogens is 1. The highest BCUT2D eigenvalue weighted by atomic mass is 127. The van der Waals surface area contributed by atoms with Crippen molar-refractivity contribution in [1.29, 1.82) is 0 Å². The van der Waals surface area contributed by atoms with Crippen molar-refractivity contribution < 1.29 is 18.5 Å². The first-order valence-corrected chi connectivity index (χ1v) is 21.1. The first-order valence-electron chi connectivity index (χ1n) is 15.9. The monoisotopic (exact) mass is 792 g/mol. The lowest BCUT2D eigenvalue weighted by Gasteiger charge is -2.36. The van der Waals surface area contributed by atoms with E-state index in [0.29, 0.717) is 31.4 Å². The van der Waals surface area contributed by atoms with Crippen molar-refractivity contribution in [3.05, 3.63) is 60.3 Å². The summed E-state index contributed by atoms with van der Waals surface area (Å²) in [5, 5.41) is 5.64. The number of hydrogen-bond acceptors (Lipinski definition) is 9. The zero-order valence-corrected chi connectivity index (χ0v) is 33.3. The predicted molar refractivity (Wildman–Crippen MR) is 201 cm³/mol. The Kier molecular flexibility index (Phi) is 12.2. The molecular formula is C34H49IN6O4SSi. The molecule has 2 atom stereocenters. The molecule has 0 fully saturated rings. The molecule has 0 radical (unpaired) electrons. The molecule has 10 nitrogen and oxygen atoms in total. The van der Waals surface area contributed by atoms with Gasteiger partial charge in [-0.15, -0.1) is 4.72 Å². The lowest BCUT2D eigenvalue weighted by Crippen LogP contribution is -2.48. The molecule has 1 N–H and O–H groups in total. The largest absolute Gasteiger partial charge is 0.598 e. The second kappa shape index (κ2) is 15.2. The zero-order valence-electron chi connectivity index (χ0n) is 29.3. The van der Waals surface area contributed by atoms with Gasteiger partial charge < -0.3 is 18.5 Å². The van der Waals surface area contributed by atoms with Gasteiger partial charge in [0.1, 0.15) is 17.1 Å². The standard InChI is InChI=1S/C34H49IN6O4SSi/c1-11-15-34(35,40-46(42)32(2,3)4)30-14-12-13-27(39-30)24-18-28-26(29(19-24)44-17-16-43-8)21-37-41(28)31-22-36-20-25(38-31)23-45-47(9,10)33(5,6)7/h12-14,18-22,40H,11,15-17,23H2,1-10H3/t34-,46?/m1/s1. The van der Waals surface area contributed by atoms with Crippen LogP contribution < -0.4 is 9.46 Å². The van der Waals surface area contributed by atoms with Crippen LogP contribution in [0.3, 0.4) is 0 Å². The zero-order chi connectivity index (χ0) is 34.6. The normalized spacial score (nSPS) is 14.7. The van der Waals surface area contributed by atoms with E-state index in [1.807, 2.05) is 51.1 Å². The SMILES string of the molecule is CCC[C@@](I)(N[S+]([O-])C(C)(C)C)c1cccc(-c2cc(OCCOC)c3cnn(-c4cncc(CO[Si](C)(C)C(C)(C)C)n4)c3c2)n1. The van der Waals surface area contributed by atoms with Gasteiger partial charge in [-0.2, -0.15) is 5.10 Å². The number of nitrogens with zero attached hydrogens (tertiary/aromatic N) is 5. The third kappa shape index (κ3) is 9.11. The number of methoxy groups -OCH3 is 1. The Balaban J connectivity index is 1.78. The van der Waals surface area contributed by atoms with Crippen LogP contribution in [0, 0.1) is 0 Å².